The van der Waals surface area contributed by atoms with E-state index in [0.29, 0.717) is 15.7 Å². The highest BCUT2D eigenvalue weighted by Crippen LogP contribution is 2.30. The van der Waals surface area contributed by atoms with E-state index in [-0.39, 0.29) is 5.56 Å². The first-order chi connectivity index (χ1) is 9.99. The normalized spacial score (nSPS) is 11.0. The van der Waals surface area contributed by atoms with Crippen molar-refractivity contribution in [2.24, 2.45) is 7.05 Å². The highest BCUT2D eigenvalue weighted by molar-refractivity contribution is 6.33. The first-order valence-corrected chi connectivity index (χ1v) is 7.15. The maximum Gasteiger partial charge on any atom is 0.258 e. The lowest BCUT2D eigenvalue weighted by Crippen LogP contribution is -2.19. The van der Waals surface area contributed by atoms with Crippen LogP contribution in [-0.2, 0) is 7.05 Å². The highest BCUT2D eigenvalue weighted by atomic mass is 35.5. The Hall–Kier alpha value is -1.84. The van der Waals surface area contributed by atoms with Gasteiger partial charge in [0.05, 0.1) is 5.52 Å². The maximum absolute atomic E-state index is 12.6. The molecule has 0 bridgehead atoms. The maximum atomic E-state index is 12.6. The SMILES string of the molecule is Cc1cccc(Cl)c1-c1cc2cnc(Cl)cc2n(C)c1=O. The van der Waals surface area contributed by atoms with E-state index in [1.165, 1.54) is 0 Å². The molecule has 0 aliphatic carbocycles. The van der Waals surface area contributed by atoms with Crippen molar-refractivity contribution < 1.29 is 0 Å². The van der Waals surface area contributed by atoms with E-state index >= 15 is 0 Å². The number of hydrogen-bond acceptors (Lipinski definition) is 2. The van der Waals surface area contributed by atoms with Crippen LogP contribution in [0.25, 0.3) is 22.0 Å². The first-order valence-electron chi connectivity index (χ1n) is 6.40. The number of fused-ring (bicyclic) bond motifs is 1. The number of benzene rings is 1. The van der Waals surface area contributed by atoms with E-state index in [1.807, 2.05) is 25.1 Å². The molecule has 0 unspecified atom stereocenters. The molecule has 21 heavy (non-hydrogen) atoms. The van der Waals surface area contributed by atoms with Crippen LogP contribution < -0.4 is 5.56 Å². The molecule has 2 heterocycles. The summed E-state index contributed by atoms with van der Waals surface area (Å²) < 4.78 is 1.57. The molecule has 0 N–H and O–H groups in total. The minimum Gasteiger partial charge on any atom is -0.311 e. The van der Waals surface area contributed by atoms with Crippen LogP contribution in [0.3, 0.4) is 0 Å². The lowest BCUT2D eigenvalue weighted by Gasteiger charge is -2.12. The average molecular weight is 319 g/mol. The van der Waals surface area contributed by atoms with Gasteiger partial charge in [0.15, 0.2) is 0 Å². The predicted octanol–water partition coefficient (Wildman–Crippen LogP) is 4.22. The first kappa shape index (κ1) is 14.1. The molecule has 0 radical (unpaired) electrons. The Bertz CT molecular complexity index is 896. The highest BCUT2D eigenvalue weighted by Gasteiger charge is 2.14. The fourth-order valence-electron chi connectivity index (χ4n) is 2.49. The summed E-state index contributed by atoms with van der Waals surface area (Å²) in [4.78, 5) is 16.7. The van der Waals surface area contributed by atoms with Crippen LogP contribution in [-0.4, -0.2) is 9.55 Å². The molecule has 3 nitrogen and oxygen atoms in total. The number of rotatable bonds is 1. The van der Waals surface area contributed by atoms with Gasteiger partial charge in [-0.15, -0.1) is 0 Å². The monoisotopic (exact) mass is 318 g/mol. The van der Waals surface area contributed by atoms with Gasteiger partial charge in [-0.2, -0.15) is 0 Å². The average Bonchev–Trinajstić information content (AvgIpc) is 2.44. The lowest BCUT2D eigenvalue weighted by atomic mass is 10.0. The van der Waals surface area contributed by atoms with Gasteiger partial charge >= 0.3 is 0 Å². The molecule has 5 heteroatoms. The fraction of sp³-hybridized carbons (Fsp3) is 0.125. The van der Waals surface area contributed by atoms with E-state index in [2.05, 4.69) is 4.98 Å². The van der Waals surface area contributed by atoms with E-state index in [4.69, 9.17) is 23.2 Å². The number of pyridine rings is 2. The predicted molar refractivity (Wildman–Crippen MR) is 87.2 cm³/mol. The third-order valence-corrected chi connectivity index (χ3v) is 4.09. The van der Waals surface area contributed by atoms with Gasteiger partial charge in [0.2, 0.25) is 0 Å². The van der Waals surface area contributed by atoms with Crippen molar-refractivity contribution in [3.05, 3.63) is 62.6 Å². The van der Waals surface area contributed by atoms with Gasteiger partial charge in [-0.05, 0) is 30.7 Å². The summed E-state index contributed by atoms with van der Waals surface area (Å²) in [5, 5.41) is 1.77. The zero-order valence-corrected chi connectivity index (χ0v) is 13.0. The standard InChI is InChI=1S/C16H12Cl2N2O/c1-9-4-3-5-12(17)15(9)11-6-10-8-19-14(18)7-13(10)20(2)16(11)21/h3-8H,1-2H3. The van der Waals surface area contributed by atoms with Crippen molar-refractivity contribution in [1.82, 2.24) is 9.55 Å². The zero-order chi connectivity index (χ0) is 15.1. The second-order valence-electron chi connectivity index (χ2n) is 4.92. The summed E-state index contributed by atoms with van der Waals surface area (Å²) in [6, 6.07) is 9.09. The molecule has 0 aliphatic heterocycles. The molecule has 3 aromatic rings. The van der Waals surface area contributed by atoms with Crippen molar-refractivity contribution >= 4 is 34.1 Å². The number of nitrogens with zero attached hydrogens (tertiary/aromatic N) is 2. The van der Waals surface area contributed by atoms with Crippen LogP contribution >= 0.6 is 23.2 Å². The van der Waals surface area contributed by atoms with Crippen LogP contribution in [0.5, 0.6) is 0 Å². The van der Waals surface area contributed by atoms with Gasteiger partial charge in [-0.1, -0.05) is 35.3 Å². The largest absolute Gasteiger partial charge is 0.311 e. The molecule has 0 spiro atoms. The van der Waals surface area contributed by atoms with Crippen LogP contribution in [0.1, 0.15) is 5.56 Å². The van der Waals surface area contributed by atoms with E-state index in [1.54, 1.807) is 29.9 Å². The molecule has 0 saturated heterocycles. The van der Waals surface area contributed by atoms with E-state index in [0.717, 1.165) is 22.0 Å². The molecule has 0 fully saturated rings. The quantitative estimate of drug-likeness (QED) is 0.630. The van der Waals surface area contributed by atoms with E-state index < -0.39 is 0 Å². The van der Waals surface area contributed by atoms with E-state index in [9.17, 15) is 4.79 Å². The minimum absolute atomic E-state index is 0.110. The summed E-state index contributed by atoms with van der Waals surface area (Å²) in [6.45, 7) is 1.94. The van der Waals surface area contributed by atoms with Gasteiger partial charge < -0.3 is 4.57 Å². The van der Waals surface area contributed by atoms with Gasteiger partial charge in [0.1, 0.15) is 5.15 Å². The van der Waals surface area contributed by atoms with Crippen LogP contribution in [0.15, 0.2) is 41.3 Å². The Morgan fingerprint density at radius 2 is 1.95 bits per heavy atom. The summed E-state index contributed by atoms with van der Waals surface area (Å²) in [5.74, 6) is 0. The summed E-state index contributed by atoms with van der Waals surface area (Å²) >= 11 is 12.2. The van der Waals surface area contributed by atoms with Gasteiger partial charge in [0, 0.05) is 34.8 Å². The van der Waals surface area contributed by atoms with Crippen molar-refractivity contribution in [3.63, 3.8) is 0 Å². The molecule has 0 atom stereocenters. The smallest absolute Gasteiger partial charge is 0.258 e. The summed E-state index contributed by atoms with van der Waals surface area (Å²) in [6.07, 6.45) is 1.66. The lowest BCUT2D eigenvalue weighted by molar-refractivity contribution is 0.907. The Kier molecular flexibility index (Phi) is 3.47. The molecule has 0 saturated carbocycles. The second-order valence-corrected chi connectivity index (χ2v) is 5.71. The van der Waals surface area contributed by atoms with Crippen molar-refractivity contribution in [2.75, 3.05) is 0 Å². The molecule has 1 aromatic carbocycles. The van der Waals surface area contributed by atoms with Crippen LogP contribution in [0, 0.1) is 6.92 Å². The van der Waals surface area contributed by atoms with Crippen molar-refractivity contribution in [2.45, 2.75) is 6.92 Å². The number of aryl methyl sites for hydroxylation is 2. The van der Waals surface area contributed by atoms with Crippen LogP contribution in [0.2, 0.25) is 10.2 Å². The topological polar surface area (TPSA) is 34.9 Å². The van der Waals surface area contributed by atoms with Gasteiger partial charge in [-0.3, -0.25) is 4.79 Å². The summed E-state index contributed by atoms with van der Waals surface area (Å²) in [5.41, 5.74) is 2.92. The molecule has 0 amide bonds. The number of aromatic nitrogens is 2. The van der Waals surface area contributed by atoms with Crippen LogP contribution in [0.4, 0.5) is 0 Å². The Morgan fingerprint density at radius 3 is 2.67 bits per heavy atom. The van der Waals surface area contributed by atoms with Crippen molar-refractivity contribution in [3.8, 4) is 11.1 Å². The van der Waals surface area contributed by atoms with Gasteiger partial charge in [-0.25, -0.2) is 4.98 Å². The number of halogens is 2. The zero-order valence-electron chi connectivity index (χ0n) is 11.5. The van der Waals surface area contributed by atoms with Crippen molar-refractivity contribution in [1.29, 1.82) is 0 Å². The minimum atomic E-state index is -0.110. The molecular formula is C16H12Cl2N2O. The summed E-state index contributed by atoms with van der Waals surface area (Å²) in [7, 11) is 1.72. The third kappa shape index (κ3) is 2.33. The Balaban J connectivity index is 2.42. The number of hydrogen-bond donors (Lipinski definition) is 0. The van der Waals surface area contributed by atoms with Gasteiger partial charge in [0.25, 0.3) is 5.56 Å². The molecular weight excluding hydrogens is 307 g/mol. The second kappa shape index (κ2) is 5.17. The fourth-order valence-corrected chi connectivity index (χ4v) is 2.97. The molecule has 106 valence electrons. The molecule has 3 rings (SSSR count). The third-order valence-electron chi connectivity index (χ3n) is 3.57. The Morgan fingerprint density at radius 1 is 1.19 bits per heavy atom. The molecule has 0 aliphatic rings. The Labute approximate surface area is 131 Å². The molecule has 2 aromatic heterocycles.